The molecule has 7 heteroatoms. The van der Waals surface area contributed by atoms with Gasteiger partial charge in [0, 0.05) is 26.6 Å². The molecule has 23 heavy (non-hydrogen) atoms. The van der Waals surface area contributed by atoms with E-state index in [1.54, 1.807) is 31.4 Å². The SMILES string of the molecule is COCCNC(=O)CCCCn1c(=O)[nH]c2ccccc2c1=O. The summed E-state index contributed by atoms with van der Waals surface area (Å²) < 4.78 is 6.03. The van der Waals surface area contributed by atoms with Gasteiger partial charge >= 0.3 is 5.69 Å². The van der Waals surface area contributed by atoms with Gasteiger partial charge < -0.3 is 15.0 Å². The van der Waals surface area contributed by atoms with Gasteiger partial charge in [0.25, 0.3) is 5.56 Å². The summed E-state index contributed by atoms with van der Waals surface area (Å²) in [6.45, 7) is 1.26. The number of para-hydroxylation sites is 1. The highest BCUT2D eigenvalue weighted by molar-refractivity contribution is 5.77. The van der Waals surface area contributed by atoms with Crippen molar-refractivity contribution in [1.29, 1.82) is 0 Å². The van der Waals surface area contributed by atoms with Crippen molar-refractivity contribution in [1.82, 2.24) is 14.9 Å². The summed E-state index contributed by atoms with van der Waals surface area (Å²) in [5, 5.41) is 3.22. The minimum Gasteiger partial charge on any atom is -0.383 e. The van der Waals surface area contributed by atoms with E-state index in [2.05, 4.69) is 10.3 Å². The number of unbranched alkanes of at least 4 members (excludes halogenated alkanes) is 1. The minimum absolute atomic E-state index is 0.0539. The van der Waals surface area contributed by atoms with Crippen molar-refractivity contribution in [3.05, 3.63) is 45.1 Å². The molecule has 0 unspecified atom stereocenters. The van der Waals surface area contributed by atoms with Crippen LogP contribution in [0.25, 0.3) is 10.9 Å². The van der Waals surface area contributed by atoms with Crippen LogP contribution in [0.3, 0.4) is 0 Å². The van der Waals surface area contributed by atoms with Crippen LogP contribution in [0.5, 0.6) is 0 Å². The van der Waals surface area contributed by atoms with Crippen molar-refractivity contribution in [2.24, 2.45) is 0 Å². The maximum atomic E-state index is 12.3. The minimum atomic E-state index is -0.418. The van der Waals surface area contributed by atoms with Gasteiger partial charge in [-0.1, -0.05) is 12.1 Å². The molecule has 2 rings (SSSR count). The fourth-order valence-corrected chi connectivity index (χ4v) is 2.34. The fourth-order valence-electron chi connectivity index (χ4n) is 2.34. The molecule has 0 aliphatic rings. The third kappa shape index (κ3) is 4.53. The number of hydrogen-bond acceptors (Lipinski definition) is 4. The van der Waals surface area contributed by atoms with Crippen molar-refractivity contribution < 1.29 is 9.53 Å². The lowest BCUT2D eigenvalue weighted by atomic mass is 10.2. The Hall–Kier alpha value is -2.41. The van der Waals surface area contributed by atoms with Crippen molar-refractivity contribution in [3.63, 3.8) is 0 Å². The van der Waals surface area contributed by atoms with Gasteiger partial charge in [0.05, 0.1) is 17.5 Å². The van der Waals surface area contributed by atoms with Crippen LogP contribution in [0.2, 0.25) is 0 Å². The first-order valence-corrected chi connectivity index (χ1v) is 7.61. The predicted octanol–water partition coefficient (Wildman–Crippen LogP) is 0.623. The third-order valence-electron chi connectivity index (χ3n) is 3.55. The molecule has 0 aliphatic carbocycles. The average molecular weight is 319 g/mol. The lowest BCUT2D eigenvalue weighted by Gasteiger charge is -2.07. The first kappa shape index (κ1) is 17.0. The molecule has 0 fully saturated rings. The molecule has 0 bridgehead atoms. The number of fused-ring (bicyclic) bond motifs is 1. The molecular formula is C16H21N3O4. The van der Waals surface area contributed by atoms with Gasteiger partial charge in [0.15, 0.2) is 0 Å². The van der Waals surface area contributed by atoms with E-state index in [1.807, 2.05) is 0 Å². The Labute approximate surface area is 133 Å². The van der Waals surface area contributed by atoms with E-state index in [-0.39, 0.29) is 11.5 Å². The average Bonchev–Trinajstić information content (AvgIpc) is 2.54. The topological polar surface area (TPSA) is 93.2 Å². The molecular weight excluding hydrogens is 298 g/mol. The van der Waals surface area contributed by atoms with Crippen molar-refractivity contribution >= 4 is 16.8 Å². The molecule has 1 amide bonds. The first-order chi connectivity index (χ1) is 11.1. The molecule has 2 N–H and O–H groups in total. The summed E-state index contributed by atoms with van der Waals surface area (Å²) in [4.78, 5) is 38.5. The van der Waals surface area contributed by atoms with Crippen LogP contribution in [0, 0.1) is 0 Å². The molecule has 0 aliphatic heterocycles. The lowest BCUT2D eigenvalue weighted by Crippen LogP contribution is -2.35. The van der Waals surface area contributed by atoms with Crippen LogP contribution in [0.4, 0.5) is 0 Å². The van der Waals surface area contributed by atoms with E-state index in [0.29, 0.717) is 49.9 Å². The van der Waals surface area contributed by atoms with Gasteiger partial charge in [-0.05, 0) is 25.0 Å². The molecule has 0 radical (unpaired) electrons. The van der Waals surface area contributed by atoms with Gasteiger partial charge in [-0.25, -0.2) is 4.79 Å². The zero-order valence-electron chi connectivity index (χ0n) is 13.1. The summed E-state index contributed by atoms with van der Waals surface area (Å²) in [7, 11) is 1.57. The molecule has 1 aromatic heterocycles. The highest BCUT2D eigenvalue weighted by Gasteiger charge is 2.07. The number of ether oxygens (including phenoxy) is 1. The van der Waals surface area contributed by atoms with Crippen LogP contribution in [-0.2, 0) is 16.1 Å². The number of carbonyl (C=O) groups is 1. The quantitative estimate of drug-likeness (QED) is 0.698. The van der Waals surface area contributed by atoms with Crippen LogP contribution >= 0.6 is 0 Å². The van der Waals surface area contributed by atoms with Crippen LogP contribution in [0.15, 0.2) is 33.9 Å². The van der Waals surface area contributed by atoms with E-state index in [0.717, 1.165) is 0 Å². The van der Waals surface area contributed by atoms with Crippen LogP contribution in [-0.4, -0.2) is 35.7 Å². The number of aromatic amines is 1. The van der Waals surface area contributed by atoms with Gasteiger partial charge in [-0.3, -0.25) is 14.2 Å². The van der Waals surface area contributed by atoms with Gasteiger partial charge in [-0.15, -0.1) is 0 Å². The van der Waals surface area contributed by atoms with Gasteiger partial charge in [-0.2, -0.15) is 0 Å². The van der Waals surface area contributed by atoms with Crippen LogP contribution < -0.4 is 16.6 Å². The molecule has 0 saturated carbocycles. The number of methoxy groups -OCH3 is 1. The van der Waals surface area contributed by atoms with Gasteiger partial charge in [0.1, 0.15) is 0 Å². The smallest absolute Gasteiger partial charge is 0.328 e. The molecule has 124 valence electrons. The second-order valence-electron chi connectivity index (χ2n) is 5.23. The maximum Gasteiger partial charge on any atom is 0.328 e. The monoisotopic (exact) mass is 319 g/mol. The molecule has 0 spiro atoms. The number of carbonyl (C=O) groups excluding carboxylic acids is 1. The molecule has 1 aromatic carbocycles. The van der Waals surface area contributed by atoms with Crippen molar-refractivity contribution in [2.45, 2.75) is 25.8 Å². The third-order valence-corrected chi connectivity index (χ3v) is 3.55. The lowest BCUT2D eigenvalue weighted by molar-refractivity contribution is -0.121. The molecule has 0 saturated heterocycles. The number of nitrogens with one attached hydrogen (secondary N) is 2. The zero-order valence-corrected chi connectivity index (χ0v) is 13.1. The number of benzene rings is 1. The first-order valence-electron chi connectivity index (χ1n) is 7.61. The van der Waals surface area contributed by atoms with Gasteiger partial charge in [0.2, 0.25) is 5.91 Å². The summed E-state index contributed by atoms with van der Waals surface area (Å²) in [6.07, 6.45) is 1.56. The summed E-state index contributed by atoms with van der Waals surface area (Å²) in [5.41, 5.74) is -0.177. The van der Waals surface area contributed by atoms with E-state index in [1.165, 1.54) is 4.57 Å². The summed E-state index contributed by atoms with van der Waals surface area (Å²) in [5.74, 6) is -0.0539. The Morgan fingerprint density at radius 1 is 1.26 bits per heavy atom. The fraction of sp³-hybridized carbons (Fsp3) is 0.438. The predicted molar refractivity (Wildman–Crippen MR) is 87.6 cm³/mol. The number of nitrogens with zero attached hydrogens (tertiary/aromatic N) is 1. The number of rotatable bonds is 8. The van der Waals surface area contributed by atoms with E-state index in [9.17, 15) is 14.4 Å². The number of hydrogen-bond donors (Lipinski definition) is 2. The Morgan fingerprint density at radius 3 is 2.83 bits per heavy atom. The van der Waals surface area contributed by atoms with Crippen molar-refractivity contribution in [3.8, 4) is 0 Å². The summed E-state index contributed by atoms with van der Waals surface area (Å²) >= 11 is 0. The highest BCUT2D eigenvalue weighted by atomic mass is 16.5. The van der Waals surface area contributed by atoms with E-state index >= 15 is 0 Å². The summed E-state index contributed by atoms with van der Waals surface area (Å²) in [6, 6.07) is 6.92. The number of aromatic nitrogens is 2. The zero-order chi connectivity index (χ0) is 16.7. The standard InChI is InChI=1S/C16H21N3O4/c1-23-11-9-17-14(20)8-4-5-10-19-15(21)12-6-2-3-7-13(12)18-16(19)22/h2-3,6-7H,4-5,8-11H2,1H3,(H,17,20)(H,18,22). The maximum absolute atomic E-state index is 12.3. The highest BCUT2D eigenvalue weighted by Crippen LogP contribution is 2.03. The van der Waals surface area contributed by atoms with E-state index < -0.39 is 5.69 Å². The second kappa shape index (κ2) is 8.28. The molecule has 7 nitrogen and oxygen atoms in total. The Morgan fingerprint density at radius 2 is 2.04 bits per heavy atom. The van der Waals surface area contributed by atoms with Crippen molar-refractivity contribution in [2.75, 3.05) is 20.3 Å². The van der Waals surface area contributed by atoms with Crippen LogP contribution in [0.1, 0.15) is 19.3 Å². The largest absolute Gasteiger partial charge is 0.383 e. The molecule has 2 aromatic rings. The second-order valence-corrected chi connectivity index (χ2v) is 5.23. The Kier molecular flexibility index (Phi) is 6.10. The molecule has 0 atom stereocenters. The van der Waals surface area contributed by atoms with E-state index in [4.69, 9.17) is 4.74 Å². The Bertz CT molecular complexity index is 779. The Balaban J connectivity index is 1.91. The molecule has 1 heterocycles. The number of H-pyrrole nitrogens is 1. The number of amides is 1. The normalized spacial score (nSPS) is 10.8.